The molecule has 126 valence electrons. The number of thioether (sulfide) groups is 1. The molecule has 0 aromatic heterocycles. The zero-order chi connectivity index (χ0) is 17.6. The first kappa shape index (κ1) is 17.9. The number of ether oxygens (including phenoxy) is 1. The van der Waals surface area contributed by atoms with Crippen molar-refractivity contribution in [2.45, 2.75) is 16.2 Å². The SMILES string of the molecule is C=CCOc1ccc(C(O)(CC(=O)O)Sc2ccccc2N)cc1. The highest BCUT2D eigenvalue weighted by molar-refractivity contribution is 8.00. The molecule has 4 N–H and O–H groups in total. The molecular weight excluding hydrogens is 326 g/mol. The van der Waals surface area contributed by atoms with E-state index in [1.54, 1.807) is 54.6 Å². The van der Waals surface area contributed by atoms with Gasteiger partial charge in [-0.1, -0.05) is 48.7 Å². The Bertz CT molecular complexity index is 717. The number of benzene rings is 2. The molecule has 2 aromatic carbocycles. The van der Waals surface area contributed by atoms with Crippen LogP contribution < -0.4 is 10.5 Å². The summed E-state index contributed by atoms with van der Waals surface area (Å²) < 4.78 is 5.40. The van der Waals surface area contributed by atoms with E-state index in [0.717, 1.165) is 11.8 Å². The van der Waals surface area contributed by atoms with Crippen LogP contribution in [0.1, 0.15) is 12.0 Å². The summed E-state index contributed by atoms with van der Waals surface area (Å²) in [5.74, 6) is -0.493. The van der Waals surface area contributed by atoms with E-state index in [1.165, 1.54) is 0 Å². The number of nitrogen functional groups attached to an aromatic ring is 1. The van der Waals surface area contributed by atoms with E-state index in [0.29, 0.717) is 28.5 Å². The Labute approximate surface area is 144 Å². The number of aliphatic hydroxyl groups is 1. The van der Waals surface area contributed by atoms with Gasteiger partial charge in [0.1, 0.15) is 12.4 Å². The number of para-hydroxylation sites is 1. The van der Waals surface area contributed by atoms with Crippen LogP contribution in [0.2, 0.25) is 0 Å². The number of carboxylic acid groups (broad SMARTS) is 1. The summed E-state index contributed by atoms with van der Waals surface area (Å²) in [6.07, 6.45) is 1.17. The van der Waals surface area contributed by atoms with Crippen LogP contribution in [0.25, 0.3) is 0 Å². The molecule has 2 rings (SSSR count). The maximum absolute atomic E-state index is 11.2. The lowest BCUT2D eigenvalue weighted by atomic mass is 10.1. The number of anilines is 1. The van der Waals surface area contributed by atoms with Crippen molar-refractivity contribution in [1.29, 1.82) is 0 Å². The zero-order valence-corrected chi connectivity index (χ0v) is 13.8. The summed E-state index contributed by atoms with van der Waals surface area (Å²) in [4.78, 5) is 10.2. The van der Waals surface area contributed by atoms with Crippen molar-refractivity contribution >= 4 is 23.4 Å². The molecule has 0 aliphatic carbocycles. The summed E-state index contributed by atoms with van der Waals surface area (Å²) in [5, 5.41) is 20.2. The van der Waals surface area contributed by atoms with Gasteiger partial charge in [-0.3, -0.25) is 4.79 Å². The highest BCUT2D eigenvalue weighted by Gasteiger charge is 2.34. The van der Waals surface area contributed by atoms with E-state index in [-0.39, 0.29) is 0 Å². The molecule has 0 amide bonds. The molecule has 1 atom stereocenters. The lowest BCUT2D eigenvalue weighted by Gasteiger charge is -2.27. The number of rotatable bonds is 8. The largest absolute Gasteiger partial charge is 0.490 e. The van der Waals surface area contributed by atoms with Gasteiger partial charge in [0.2, 0.25) is 0 Å². The van der Waals surface area contributed by atoms with Crippen LogP contribution in [-0.4, -0.2) is 22.8 Å². The van der Waals surface area contributed by atoms with Crippen molar-refractivity contribution in [3.05, 3.63) is 66.7 Å². The molecule has 0 saturated heterocycles. The van der Waals surface area contributed by atoms with E-state index in [4.69, 9.17) is 10.5 Å². The maximum Gasteiger partial charge on any atom is 0.307 e. The lowest BCUT2D eigenvalue weighted by Crippen LogP contribution is -2.25. The molecule has 6 heteroatoms. The number of carbonyl (C=O) groups is 1. The number of carboxylic acids is 1. The van der Waals surface area contributed by atoms with Gasteiger partial charge in [0.15, 0.2) is 4.93 Å². The van der Waals surface area contributed by atoms with Crippen molar-refractivity contribution in [2.24, 2.45) is 0 Å². The molecule has 2 aromatic rings. The number of aliphatic carboxylic acids is 1. The minimum Gasteiger partial charge on any atom is -0.490 e. The average Bonchev–Trinajstić information content (AvgIpc) is 2.55. The smallest absolute Gasteiger partial charge is 0.307 e. The Morgan fingerprint density at radius 1 is 1.25 bits per heavy atom. The summed E-state index contributed by atoms with van der Waals surface area (Å²) in [7, 11) is 0. The van der Waals surface area contributed by atoms with Gasteiger partial charge in [-0.2, -0.15) is 0 Å². The van der Waals surface area contributed by atoms with Crippen LogP contribution in [0.4, 0.5) is 5.69 Å². The van der Waals surface area contributed by atoms with E-state index >= 15 is 0 Å². The van der Waals surface area contributed by atoms with Gasteiger partial charge in [0, 0.05) is 10.6 Å². The Kier molecular flexibility index (Phi) is 5.89. The predicted octanol–water partition coefficient (Wildman–Crippen LogP) is 3.25. The molecular formula is C18H19NO4S. The summed E-state index contributed by atoms with van der Waals surface area (Å²) >= 11 is 1.02. The van der Waals surface area contributed by atoms with Gasteiger partial charge in [0.05, 0.1) is 6.42 Å². The molecule has 0 radical (unpaired) electrons. The Morgan fingerprint density at radius 2 is 1.92 bits per heavy atom. The summed E-state index contributed by atoms with van der Waals surface area (Å²) in [6, 6.07) is 13.7. The molecule has 0 heterocycles. The van der Waals surface area contributed by atoms with E-state index < -0.39 is 17.3 Å². The summed E-state index contributed by atoms with van der Waals surface area (Å²) in [5.41, 5.74) is 6.85. The third kappa shape index (κ3) is 4.53. The van der Waals surface area contributed by atoms with Crippen molar-refractivity contribution < 1.29 is 19.7 Å². The first-order valence-electron chi connectivity index (χ1n) is 7.26. The fourth-order valence-corrected chi connectivity index (χ4v) is 3.27. The minimum atomic E-state index is -1.64. The topological polar surface area (TPSA) is 92.8 Å². The van der Waals surface area contributed by atoms with Gasteiger partial charge < -0.3 is 20.7 Å². The highest BCUT2D eigenvalue weighted by atomic mass is 32.2. The monoisotopic (exact) mass is 345 g/mol. The van der Waals surface area contributed by atoms with Crippen LogP contribution in [0.15, 0.2) is 66.1 Å². The predicted molar refractivity (Wildman–Crippen MR) is 95.0 cm³/mol. The van der Waals surface area contributed by atoms with Crippen LogP contribution in [0.5, 0.6) is 5.75 Å². The highest BCUT2D eigenvalue weighted by Crippen LogP contribution is 2.44. The van der Waals surface area contributed by atoms with E-state index in [2.05, 4.69) is 6.58 Å². The standard InChI is InChI=1S/C18H19NO4S/c1-2-11-23-14-9-7-13(8-10-14)18(22,12-17(20)21)24-16-6-4-3-5-15(16)19/h2-10,22H,1,11-12,19H2,(H,20,21). The molecule has 0 fully saturated rings. The normalized spacial score (nSPS) is 13.0. The van der Waals surface area contributed by atoms with Crippen molar-refractivity contribution in [2.75, 3.05) is 12.3 Å². The molecule has 0 spiro atoms. The molecule has 5 nitrogen and oxygen atoms in total. The van der Waals surface area contributed by atoms with Crippen molar-refractivity contribution in [1.82, 2.24) is 0 Å². The maximum atomic E-state index is 11.2. The fraction of sp³-hybridized carbons (Fsp3) is 0.167. The fourth-order valence-electron chi connectivity index (χ4n) is 2.12. The second-order valence-electron chi connectivity index (χ2n) is 5.12. The molecule has 1 unspecified atom stereocenters. The Morgan fingerprint density at radius 3 is 2.50 bits per heavy atom. The van der Waals surface area contributed by atoms with Gasteiger partial charge in [0.25, 0.3) is 0 Å². The van der Waals surface area contributed by atoms with Crippen LogP contribution in [0.3, 0.4) is 0 Å². The van der Waals surface area contributed by atoms with Gasteiger partial charge in [-0.05, 0) is 29.8 Å². The van der Waals surface area contributed by atoms with Gasteiger partial charge in [-0.25, -0.2) is 0 Å². The molecule has 24 heavy (non-hydrogen) atoms. The molecule has 0 aliphatic heterocycles. The van der Waals surface area contributed by atoms with E-state index in [1.807, 2.05) is 0 Å². The third-order valence-electron chi connectivity index (χ3n) is 3.26. The third-order valence-corrected chi connectivity index (χ3v) is 4.57. The van der Waals surface area contributed by atoms with Gasteiger partial charge in [-0.15, -0.1) is 0 Å². The van der Waals surface area contributed by atoms with Crippen LogP contribution in [-0.2, 0) is 9.73 Å². The lowest BCUT2D eigenvalue weighted by molar-refractivity contribution is -0.140. The number of hydrogen-bond donors (Lipinski definition) is 3. The second-order valence-corrected chi connectivity index (χ2v) is 6.44. The van der Waals surface area contributed by atoms with Crippen molar-refractivity contribution in [3.63, 3.8) is 0 Å². The minimum absolute atomic E-state index is 0.369. The van der Waals surface area contributed by atoms with Crippen molar-refractivity contribution in [3.8, 4) is 5.75 Å². The molecule has 0 aliphatic rings. The van der Waals surface area contributed by atoms with E-state index in [9.17, 15) is 15.0 Å². The Hall–Kier alpha value is -2.44. The molecule has 0 saturated carbocycles. The zero-order valence-electron chi connectivity index (χ0n) is 13.0. The first-order valence-corrected chi connectivity index (χ1v) is 8.08. The van der Waals surface area contributed by atoms with Crippen LogP contribution in [0, 0.1) is 0 Å². The number of hydrogen-bond acceptors (Lipinski definition) is 5. The van der Waals surface area contributed by atoms with Gasteiger partial charge >= 0.3 is 5.97 Å². The first-order chi connectivity index (χ1) is 11.4. The average molecular weight is 345 g/mol. The molecule has 0 bridgehead atoms. The second kappa shape index (κ2) is 7.90. The van der Waals surface area contributed by atoms with Crippen LogP contribution >= 0.6 is 11.8 Å². The summed E-state index contributed by atoms with van der Waals surface area (Å²) in [6.45, 7) is 3.94. The quantitative estimate of drug-likeness (QED) is 0.294. The Balaban J connectivity index is 2.31. The number of nitrogens with two attached hydrogens (primary N) is 1.